The molecule has 1 N–H and O–H groups in total. The first-order valence-electron chi connectivity index (χ1n) is 8.04. The predicted octanol–water partition coefficient (Wildman–Crippen LogP) is 3.39. The van der Waals surface area contributed by atoms with Crippen LogP contribution in [0.2, 0.25) is 0 Å². The standard InChI is InChI=1S/C20H18N2O4/c23-20(22-21-13-19-7-4-12-24-19)15-26-18-10-8-17(9-11-18)25-14-16-5-2-1-3-6-16/h1-13H,14-15H2,(H,22,23). The first-order valence-corrected chi connectivity index (χ1v) is 8.04. The van der Waals surface area contributed by atoms with Crippen LogP contribution in [0.15, 0.2) is 82.5 Å². The van der Waals surface area contributed by atoms with Crippen molar-refractivity contribution in [3.8, 4) is 11.5 Å². The Kier molecular flexibility index (Phi) is 6.04. The Morgan fingerprint density at radius 2 is 1.69 bits per heavy atom. The van der Waals surface area contributed by atoms with Gasteiger partial charge in [0.05, 0.1) is 12.5 Å². The Bertz CT molecular complexity index is 828. The maximum Gasteiger partial charge on any atom is 0.277 e. The first-order chi connectivity index (χ1) is 12.8. The normalized spacial score (nSPS) is 10.6. The summed E-state index contributed by atoms with van der Waals surface area (Å²) in [4.78, 5) is 11.7. The van der Waals surface area contributed by atoms with Crippen molar-refractivity contribution < 1.29 is 18.7 Å². The average molecular weight is 350 g/mol. The van der Waals surface area contributed by atoms with Crippen LogP contribution in [0.4, 0.5) is 0 Å². The quantitative estimate of drug-likeness (QED) is 0.499. The fraction of sp³-hybridized carbons (Fsp3) is 0.100. The van der Waals surface area contributed by atoms with E-state index >= 15 is 0 Å². The number of carbonyl (C=O) groups excluding carboxylic acids is 1. The van der Waals surface area contributed by atoms with Gasteiger partial charge in [-0.15, -0.1) is 0 Å². The Morgan fingerprint density at radius 1 is 0.962 bits per heavy atom. The number of nitrogens with zero attached hydrogens (tertiary/aromatic N) is 1. The molecule has 0 saturated heterocycles. The van der Waals surface area contributed by atoms with Gasteiger partial charge >= 0.3 is 0 Å². The highest BCUT2D eigenvalue weighted by molar-refractivity contribution is 5.81. The van der Waals surface area contributed by atoms with Crippen molar-refractivity contribution in [3.05, 3.63) is 84.3 Å². The van der Waals surface area contributed by atoms with E-state index in [1.807, 2.05) is 30.3 Å². The summed E-state index contributed by atoms with van der Waals surface area (Å²) >= 11 is 0. The van der Waals surface area contributed by atoms with Crippen LogP contribution >= 0.6 is 0 Å². The highest BCUT2D eigenvalue weighted by atomic mass is 16.5. The molecule has 0 spiro atoms. The minimum Gasteiger partial charge on any atom is -0.489 e. The second kappa shape index (κ2) is 9.08. The summed E-state index contributed by atoms with van der Waals surface area (Å²) < 4.78 is 16.2. The smallest absolute Gasteiger partial charge is 0.277 e. The van der Waals surface area contributed by atoms with Crippen molar-refractivity contribution >= 4 is 12.1 Å². The summed E-state index contributed by atoms with van der Waals surface area (Å²) in [6.45, 7) is 0.358. The van der Waals surface area contributed by atoms with E-state index in [1.165, 1.54) is 12.5 Å². The lowest BCUT2D eigenvalue weighted by Gasteiger charge is -2.08. The van der Waals surface area contributed by atoms with E-state index in [2.05, 4.69) is 10.5 Å². The highest BCUT2D eigenvalue weighted by Crippen LogP contribution is 2.18. The van der Waals surface area contributed by atoms with Crippen molar-refractivity contribution in [1.29, 1.82) is 0 Å². The number of hydrogen-bond donors (Lipinski definition) is 1. The van der Waals surface area contributed by atoms with Gasteiger partial charge < -0.3 is 13.9 Å². The van der Waals surface area contributed by atoms with Gasteiger partial charge in [-0.2, -0.15) is 5.10 Å². The van der Waals surface area contributed by atoms with Gasteiger partial charge in [0.25, 0.3) is 5.91 Å². The van der Waals surface area contributed by atoms with E-state index in [0.29, 0.717) is 18.1 Å². The van der Waals surface area contributed by atoms with Gasteiger partial charge in [-0.25, -0.2) is 5.43 Å². The Labute approximate surface area is 151 Å². The van der Waals surface area contributed by atoms with Crippen molar-refractivity contribution in [2.45, 2.75) is 6.61 Å². The van der Waals surface area contributed by atoms with Crippen molar-refractivity contribution in [1.82, 2.24) is 5.43 Å². The molecule has 0 atom stereocenters. The molecule has 3 rings (SSSR count). The maximum absolute atomic E-state index is 11.7. The molecule has 0 bridgehead atoms. The zero-order valence-corrected chi connectivity index (χ0v) is 14.0. The third kappa shape index (κ3) is 5.52. The van der Waals surface area contributed by atoms with Gasteiger partial charge in [-0.1, -0.05) is 30.3 Å². The van der Waals surface area contributed by atoms with Gasteiger partial charge in [0.15, 0.2) is 6.61 Å². The minimum atomic E-state index is -0.364. The second-order valence-electron chi connectivity index (χ2n) is 5.34. The maximum atomic E-state index is 11.7. The summed E-state index contributed by atoms with van der Waals surface area (Å²) in [6.07, 6.45) is 2.94. The lowest BCUT2D eigenvalue weighted by molar-refractivity contribution is -0.123. The largest absolute Gasteiger partial charge is 0.489 e. The molecule has 0 fully saturated rings. The van der Waals surface area contributed by atoms with Crippen LogP contribution in [0.3, 0.4) is 0 Å². The third-order valence-corrected chi connectivity index (χ3v) is 3.37. The van der Waals surface area contributed by atoms with Gasteiger partial charge in [0.2, 0.25) is 0 Å². The van der Waals surface area contributed by atoms with Crippen LogP contribution in [-0.2, 0) is 11.4 Å². The fourth-order valence-corrected chi connectivity index (χ4v) is 2.09. The number of benzene rings is 2. The molecule has 0 radical (unpaired) electrons. The number of amides is 1. The Morgan fingerprint density at radius 3 is 2.38 bits per heavy atom. The summed E-state index contributed by atoms with van der Waals surface area (Å²) in [5.41, 5.74) is 3.46. The van der Waals surface area contributed by atoms with Crippen LogP contribution < -0.4 is 14.9 Å². The number of hydrogen-bond acceptors (Lipinski definition) is 5. The lowest BCUT2D eigenvalue weighted by atomic mass is 10.2. The molecule has 0 saturated carbocycles. The summed E-state index contributed by atoms with van der Waals surface area (Å²) in [6, 6.07) is 20.5. The predicted molar refractivity (Wildman–Crippen MR) is 97.2 cm³/mol. The molecular weight excluding hydrogens is 332 g/mol. The van der Waals surface area contributed by atoms with Gasteiger partial charge in [0, 0.05) is 0 Å². The molecule has 1 amide bonds. The summed E-state index contributed by atoms with van der Waals surface area (Å²) in [5.74, 6) is 1.49. The topological polar surface area (TPSA) is 73.1 Å². The average Bonchev–Trinajstić information content (AvgIpc) is 3.20. The number of hydrazone groups is 1. The summed E-state index contributed by atoms with van der Waals surface area (Å²) in [7, 11) is 0. The molecule has 0 aliphatic carbocycles. The van der Waals surface area contributed by atoms with E-state index in [-0.39, 0.29) is 12.5 Å². The third-order valence-electron chi connectivity index (χ3n) is 3.37. The Balaban J connectivity index is 1.40. The van der Waals surface area contributed by atoms with E-state index < -0.39 is 0 Å². The molecular formula is C20H18N2O4. The first kappa shape index (κ1) is 17.3. The van der Waals surface area contributed by atoms with E-state index in [9.17, 15) is 4.79 Å². The molecule has 6 heteroatoms. The highest BCUT2D eigenvalue weighted by Gasteiger charge is 2.02. The fourth-order valence-electron chi connectivity index (χ4n) is 2.09. The van der Waals surface area contributed by atoms with Crippen LogP contribution in [-0.4, -0.2) is 18.7 Å². The van der Waals surface area contributed by atoms with Crippen LogP contribution in [0.1, 0.15) is 11.3 Å². The van der Waals surface area contributed by atoms with Crippen LogP contribution in [0, 0.1) is 0 Å². The number of carbonyl (C=O) groups is 1. The van der Waals surface area contributed by atoms with E-state index in [0.717, 1.165) is 11.3 Å². The molecule has 2 aromatic carbocycles. The lowest BCUT2D eigenvalue weighted by Crippen LogP contribution is -2.24. The minimum absolute atomic E-state index is 0.139. The molecule has 0 aliphatic rings. The number of nitrogens with one attached hydrogen (secondary N) is 1. The zero-order chi connectivity index (χ0) is 18.0. The van der Waals surface area contributed by atoms with Gasteiger partial charge in [-0.3, -0.25) is 4.79 Å². The van der Waals surface area contributed by atoms with Gasteiger partial charge in [0.1, 0.15) is 23.9 Å². The van der Waals surface area contributed by atoms with E-state index in [4.69, 9.17) is 13.9 Å². The molecule has 1 heterocycles. The molecule has 26 heavy (non-hydrogen) atoms. The number of rotatable bonds is 8. The second-order valence-corrected chi connectivity index (χ2v) is 5.34. The zero-order valence-electron chi connectivity index (χ0n) is 14.0. The van der Waals surface area contributed by atoms with Crippen LogP contribution in [0.25, 0.3) is 0 Å². The van der Waals surface area contributed by atoms with Crippen molar-refractivity contribution in [3.63, 3.8) is 0 Å². The van der Waals surface area contributed by atoms with Crippen molar-refractivity contribution in [2.75, 3.05) is 6.61 Å². The summed E-state index contributed by atoms with van der Waals surface area (Å²) in [5, 5.41) is 3.77. The molecule has 132 valence electrons. The molecule has 1 aromatic heterocycles. The van der Waals surface area contributed by atoms with E-state index in [1.54, 1.807) is 36.4 Å². The molecule has 3 aromatic rings. The van der Waals surface area contributed by atoms with Crippen LogP contribution in [0.5, 0.6) is 11.5 Å². The molecule has 0 aliphatic heterocycles. The Hall–Kier alpha value is -3.54. The number of furan rings is 1. The molecule has 6 nitrogen and oxygen atoms in total. The number of ether oxygens (including phenoxy) is 2. The van der Waals surface area contributed by atoms with Crippen molar-refractivity contribution in [2.24, 2.45) is 5.10 Å². The monoisotopic (exact) mass is 350 g/mol. The van der Waals surface area contributed by atoms with Gasteiger partial charge in [-0.05, 0) is 42.0 Å². The SMILES string of the molecule is O=C(COc1ccc(OCc2ccccc2)cc1)NN=Cc1ccco1. The molecule has 0 unspecified atom stereocenters.